The fraction of sp³-hybridized carbons (Fsp3) is 0.714. The van der Waals surface area contributed by atoms with Gasteiger partial charge in [0.05, 0.1) is 12.1 Å². The van der Waals surface area contributed by atoms with Crippen molar-refractivity contribution in [1.82, 2.24) is 4.72 Å². The number of rotatable bonds is 4. The maximum absolute atomic E-state index is 11.3. The van der Waals surface area contributed by atoms with Gasteiger partial charge < -0.3 is 0 Å². The summed E-state index contributed by atoms with van der Waals surface area (Å²) in [6, 6.07) is 2.59. The predicted octanol–water partition coefficient (Wildman–Crippen LogP) is 0.120. The number of nitriles is 2. The van der Waals surface area contributed by atoms with Crippen LogP contribution in [-0.4, -0.2) is 19.7 Å². The molecular weight excluding hydrogens is 190 g/mol. The highest BCUT2D eigenvalue weighted by molar-refractivity contribution is 7.90. The standard InChI is InChI=1S/C7H11N3O2S/c1-3-7(5-9)13(11,12)10-6(2)4-8/h6-7,10H,3H2,1-2H3. The first-order chi connectivity index (χ1) is 5.97. The summed E-state index contributed by atoms with van der Waals surface area (Å²) in [5, 5.41) is 15.8. The first-order valence-corrected chi connectivity index (χ1v) is 5.33. The SMILES string of the molecule is CCC(C#N)S(=O)(=O)NC(C)C#N. The van der Waals surface area contributed by atoms with Crippen LogP contribution in [0.3, 0.4) is 0 Å². The lowest BCUT2D eigenvalue weighted by atomic mass is 10.4. The quantitative estimate of drug-likeness (QED) is 0.699. The largest absolute Gasteiger partial charge is 0.229 e. The van der Waals surface area contributed by atoms with Gasteiger partial charge in [-0.1, -0.05) is 6.92 Å². The molecule has 2 atom stereocenters. The van der Waals surface area contributed by atoms with E-state index in [9.17, 15) is 8.42 Å². The predicted molar refractivity (Wildman–Crippen MR) is 46.8 cm³/mol. The van der Waals surface area contributed by atoms with Gasteiger partial charge in [0.2, 0.25) is 10.0 Å². The lowest BCUT2D eigenvalue weighted by Gasteiger charge is -2.10. The lowest BCUT2D eigenvalue weighted by molar-refractivity contribution is 0.568. The minimum absolute atomic E-state index is 0.212. The van der Waals surface area contributed by atoms with Crippen molar-refractivity contribution in [2.75, 3.05) is 0 Å². The third-order valence-electron chi connectivity index (χ3n) is 1.42. The Hall–Kier alpha value is -1.11. The van der Waals surface area contributed by atoms with Crippen molar-refractivity contribution in [1.29, 1.82) is 10.5 Å². The normalized spacial score (nSPS) is 15.4. The van der Waals surface area contributed by atoms with E-state index in [1.54, 1.807) is 19.1 Å². The molecule has 2 unspecified atom stereocenters. The maximum atomic E-state index is 11.3. The average molecular weight is 201 g/mol. The molecular formula is C7H11N3O2S. The van der Waals surface area contributed by atoms with Crippen molar-refractivity contribution in [2.24, 2.45) is 0 Å². The van der Waals surface area contributed by atoms with E-state index in [2.05, 4.69) is 4.72 Å². The Morgan fingerprint density at radius 3 is 2.23 bits per heavy atom. The monoisotopic (exact) mass is 201 g/mol. The fourth-order valence-electron chi connectivity index (χ4n) is 0.735. The number of nitrogens with one attached hydrogen (secondary N) is 1. The van der Waals surface area contributed by atoms with Crippen molar-refractivity contribution in [3.8, 4) is 12.1 Å². The first-order valence-electron chi connectivity index (χ1n) is 3.78. The molecule has 0 saturated heterocycles. The Bertz CT molecular complexity index is 336. The number of nitrogens with zero attached hydrogens (tertiary/aromatic N) is 2. The van der Waals surface area contributed by atoms with Crippen molar-refractivity contribution >= 4 is 10.0 Å². The van der Waals surface area contributed by atoms with Gasteiger partial charge >= 0.3 is 0 Å². The van der Waals surface area contributed by atoms with Gasteiger partial charge in [-0.15, -0.1) is 0 Å². The lowest BCUT2D eigenvalue weighted by Crippen LogP contribution is -2.38. The molecule has 0 heterocycles. The molecule has 0 aromatic carbocycles. The number of hydrogen-bond acceptors (Lipinski definition) is 4. The van der Waals surface area contributed by atoms with Crippen LogP contribution in [0.25, 0.3) is 0 Å². The zero-order valence-electron chi connectivity index (χ0n) is 7.48. The van der Waals surface area contributed by atoms with E-state index in [0.29, 0.717) is 0 Å². The summed E-state index contributed by atoms with van der Waals surface area (Å²) in [6.45, 7) is 3.02. The highest BCUT2D eigenvalue weighted by atomic mass is 32.2. The van der Waals surface area contributed by atoms with E-state index in [-0.39, 0.29) is 6.42 Å². The Morgan fingerprint density at radius 2 is 1.92 bits per heavy atom. The van der Waals surface area contributed by atoms with Crippen LogP contribution in [-0.2, 0) is 10.0 Å². The molecule has 0 aromatic rings. The highest BCUT2D eigenvalue weighted by Gasteiger charge is 2.24. The summed E-state index contributed by atoms with van der Waals surface area (Å²) in [6.07, 6.45) is 0.212. The van der Waals surface area contributed by atoms with E-state index in [0.717, 1.165) is 0 Å². The zero-order chi connectivity index (χ0) is 10.5. The van der Waals surface area contributed by atoms with Gasteiger partial charge in [0.15, 0.2) is 5.25 Å². The van der Waals surface area contributed by atoms with Crippen LogP contribution in [0, 0.1) is 22.7 Å². The van der Waals surface area contributed by atoms with Crippen LogP contribution in [0.5, 0.6) is 0 Å². The second-order valence-corrected chi connectivity index (χ2v) is 4.43. The Labute approximate surface area is 78.0 Å². The third kappa shape index (κ3) is 3.41. The molecule has 0 aliphatic heterocycles. The molecule has 1 N–H and O–H groups in total. The molecule has 6 heteroatoms. The molecule has 0 aromatic heterocycles. The number of hydrogen-bond donors (Lipinski definition) is 1. The summed E-state index contributed by atoms with van der Waals surface area (Å²) < 4.78 is 24.7. The van der Waals surface area contributed by atoms with Gasteiger partial charge in [-0.3, -0.25) is 0 Å². The van der Waals surface area contributed by atoms with Crippen LogP contribution in [0.4, 0.5) is 0 Å². The van der Waals surface area contributed by atoms with E-state index < -0.39 is 21.3 Å². The van der Waals surface area contributed by atoms with E-state index in [1.165, 1.54) is 6.92 Å². The molecule has 72 valence electrons. The molecule has 0 radical (unpaired) electrons. The second-order valence-electron chi connectivity index (χ2n) is 2.54. The first kappa shape index (κ1) is 11.9. The molecule has 0 spiro atoms. The molecule has 0 rings (SSSR count). The summed E-state index contributed by atoms with van der Waals surface area (Å²) in [7, 11) is -3.67. The fourth-order valence-corrected chi connectivity index (χ4v) is 2.02. The van der Waals surface area contributed by atoms with Gasteiger partial charge in [-0.05, 0) is 13.3 Å². The van der Waals surface area contributed by atoms with E-state index in [1.807, 2.05) is 0 Å². The Morgan fingerprint density at radius 1 is 1.38 bits per heavy atom. The minimum Gasteiger partial charge on any atom is -0.211 e. The van der Waals surface area contributed by atoms with Gasteiger partial charge in [0, 0.05) is 0 Å². The van der Waals surface area contributed by atoms with Crippen LogP contribution in [0.15, 0.2) is 0 Å². The van der Waals surface area contributed by atoms with Gasteiger partial charge in [-0.25, -0.2) is 8.42 Å². The zero-order valence-corrected chi connectivity index (χ0v) is 8.30. The molecule has 0 fully saturated rings. The minimum atomic E-state index is -3.67. The molecule has 0 aliphatic rings. The van der Waals surface area contributed by atoms with E-state index >= 15 is 0 Å². The van der Waals surface area contributed by atoms with Crippen LogP contribution >= 0.6 is 0 Å². The third-order valence-corrected chi connectivity index (χ3v) is 3.29. The van der Waals surface area contributed by atoms with Gasteiger partial charge in [0.1, 0.15) is 6.04 Å². The van der Waals surface area contributed by atoms with E-state index in [4.69, 9.17) is 10.5 Å². The van der Waals surface area contributed by atoms with Crippen molar-refractivity contribution in [2.45, 2.75) is 31.6 Å². The summed E-state index contributed by atoms with van der Waals surface area (Å²) in [5.74, 6) is 0. The summed E-state index contributed by atoms with van der Waals surface area (Å²) in [5.41, 5.74) is 0. The van der Waals surface area contributed by atoms with Crippen molar-refractivity contribution in [3.63, 3.8) is 0 Å². The smallest absolute Gasteiger partial charge is 0.211 e. The molecule has 5 nitrogen and oxygen atoms in total. The topological polar surface area (TPSA) is 93.8 Å². The summed E-state index contributed by atoms with van der Waals surface area (Å²) in [4.78, 5) is 0. The van der Waals surface area contributed by atoms with Crippen LogP contribution < -0.4 is 4.72 Å². The van der Waals surface area contributed by atoms with Crippen molar-refractivity contribution in [3.05, 3.63) is 0 Å². The van der Waals surface area contributed by atoms with Gasteiger partial charge in [-0.2, -0.15) is 15.2 Å². The van der Waals surface area contributed by atoms with Crippen LogP contribution in [0.2, 0.25) is 0 Å². The highest BCUT2D eigenvalue weighted by Crippen LogP contribution is 2.03. The average Bonchev–Trinajstić information content (AvgIpc) is 2.05. The van der Waals surface area contributed by atoms with Gasteiger partial charge in [0.25, 0.3) is 0 Å². The molecule has 0 bridgehead atoms. The Balaban J connectivity index is 4.62. The number of sulfonamides is 1. The Kier molecular flexibility index (Phi) is 4.39. The molecule has 0 saturated carbocycles. The van der Waals surface area contributed by atoms with Crippen LogP contribution in [0.1, 0.15) is 20.3 Å². The summed E-state index contributed by atoms with van der Waals surface area (Å²) >= 11 is 0. The molecule has 0 amide bonds. The molecule has 0 aliphatic carbocycles. The van der Waals surface area contributed by atoms with Crippen molar-refractivity contribution < 1.29 is 8.42 Å². The maximum Gasteiger partial charge on any atom is 0.229 e. The molecule has 13 heavy (non-hydrogen) atoms. The second kappa shape index (κ2) is 4.80.